The number of aromatic hydroxyl groups is 1. The van der Waals surface area contributed by atoms with Gasteiger partial charge >= 0.3 is 5.69 Å². The highest BCUT2D eigenvalue weighted by molar-refractivity contribution is 5.77. The predicted octanol–water partition coefficient (Wildman–Crippen LogP) is 0.565. The third kappa shape index (κ3) is 1.40. The number of aryl methyl sites for hydroxylation is 1. The van der Waals surface area contributed by atoms with Crippen molar-refractivity contribution in [3.8, 4) is 5.75 Å². The van der Waals surface area contributed by atoms with Crippen molar-refractivity contribution in [2.24, 2.45) is 12.8 Å². The van der Waals surface area contributed by atoms with E-state index >= 15 is 0 Å². The summed E-state index contributed by atoms with van der Waals surface area (Å²) in [4.78, 5) is 12.0. The van der Waals surface area contributed by atoms with E-state index < -0.39 is 0 Å². The Bertz CT molecular complexity index is 583. The van der Waals surface area contributed by atoms with Crippen molar-refractivity contribution in [3.63, 3.8) is 0 Å². The van der Waals surface area contributed by atoms with Crippen molar-refractivity contribution >= 4 is 11.0 Å². The fourth-order valence-corrected chi connectivity index (χ4v) is 1.89. The number of imidazole rings is 1. The zero-order chi connectivity index (χ0) is 11.9. The molecular weight excluding hydrogens is 206 g/mol. The molecule has 1 heterocycles. The normalized spacial score (nSPS) is 13.2. The maximum Gasteiger partial charge on any atom is 0.329 e. The summed E-state index contributed by atoms with van der Waals surface area (Å²) in [5.41, 5.74) is 6.98. The lowest BCUT2D eigenvalue weighted by Gasteiger charge is -2.10. The molecule has 0 spiro atoms. The highest BCUT2D eigenvalue weighted by Crippen LogP contribution is 2.20. The first kappa shape index (κ1) is 10.8. The van der Waals surface area contributed by atoms with Gasteiger partial charge in [0.25, 0.3) is 0 Å². The van der Waals surface area contributed by atoms with E-state index in [0.717, 1.165) is 5.52 Å². The van der Waals surface area contributed by atoms with Gasteiger partial charge in [0.05, 0.1) is 11.0 Å². The third-order valence-corrected chi connectivity index (χ3v) is 2.85. The highest BCUT2D eigenvalue weighted by Gasteiger charge is 2.14. The molecule has 3 N–H and O–H groups in total. The highest BCUT2D eigenvalue weighted by atomic mass is 16.3. The van der Waals surface area contributed by atoms with Crippen LogP contribution in [-0.2, 0) is 7.05 Å². The SMILES string of the molecule is CC(CN)n1c(=O)n(C)c2ccc(O)cc21. The van der Waals surface area contributed by atoms with Crippen LogP contribution in [0.5, 0.6) is 5.75 Å². The fraction of sp³-hybridized carbons (Fsp3) is 0.364. The van der Waals surface area contributed by atoms with Crippen LogP contribution in [0.2, 0.25) is 0 Å². The lowest BCUT2D eigenvalue weighted by Crippen LogP contribution is -2.28. The molecule has 0 aliphatic heterocycles. The van der Waals surface area contributed by atoms with Crippen LogP contribution in [0.15, 0.2) is 23.0 Å². The summed E-state index contributed by atoms with van der Waals surface area (Å²) in [6, 6.07) is 4.80. The molecule has 2 aromatic rings. The molecule has 5 heteroatoms. The Morgan fingerprint density at radius 3 is 2.75 bits per heavy atom. The van der Waals surface area contributed by atoms with Crippen molar-refractivity contribution in [2.75, 3.05) is 6.54 Å². The molecule has 2 rings (SSSR count). The molecule has 1 aromatic heterocycles. The number of nitrogens with zero attached hydrogens (tertiary/aromatic N) is 2. The van der Waals surface area contributed by atoms with Crippen LogP contribution in [0.1, 0.15) is 13.0 Å². The van der Waals surface area contributed by atoms with Crippen LogP contribution in [0, 0.1) is 0 Å². The molecule has 5 nitrogen and oxygen atoms in total. The van der Waals surface area contributed by atoms with E-state index in [9.17, 15) is 9.90 Å². The Morgan fingerprint density at radius 2 is 2.12 bits per heavy atom. The summed E-state index contributed by atoms with van der Waals surface area (Å²) in [5.74, 6) is 0.149. The summed E-state index contributed by atoms with van der Waals surface area (Å²) in [6.45, 7) is 2.26. The van der Waals surface area contributed by atoms with Crippen molar-refractivity contribution < 1.29 is 5.11 Å². The number of phenolic OH excluding ortho intramolecular Hbond substituents is 1. The summed E-state index contributed by atoms with van der Waals surface area (Å²) in [6.07, 6.45) is 0. The molecule has 1 aromatic carbocycles. The Kier molecular flexibility index (Phi) is 2.47. The van der Waals surface area contributed by atoms with Crippen molar-refractivity contribution in [1.29, 1.82) is 0 Å². The fourth-order valence-electron chi connectivity index (χ4n) is 1.89. The van der Waals surface area contributed by atoms with Gasteiger partial charge in [-0.05, 0) is 19.1 Å². The molecule has 1 atom stereocenters. The van der Waals surface area contributed by atoms with Gasteiger partial charge in [-0.15, -0.1) is 0 Å². The predicted molar refractivity (Wildman–Crippen MR) is 62.6 cm³/mol. The standard InChI is InChI=1S/C11H15N3O2/c1-7(6-12)14-10-5-8(15)3-4-9(10)13(2)11(14)16/h3-5,7,15H,6,12H2,1-2H3. The number of nitrogens with two attached hydrogens (primary N) is 1. The number of benzene rings is 1. The summed E-state index contributed by atoms with van der Waals surface area (Å²) in [7, 11) is 1.71. The topological polar surface area (TPSA) is 73.2 Å². The summed E-state index contributed by atoms with van der Waals surface area (Å²) < 4.78 is 3.16. The molecule has 0 aliphatic rings. The quantitative estimate of drug-likeness (QED) is 0.778. The lowest BCUT2D eigenvalue weighted by atomic mass is 10.2. The van der Waals surface area contributed by atoms with E-state index in [-0.39, 0.29) is 17.5 Å². The van der Waals surface area contributed by atoms with Crippen LogP contribution in [-0.4, -0.2) is 20.8 Å². The van der Waals surface area contributed by atoms with Gasteiger partial charge < -0.3 is 10.8 Å². The second-order valence-corrected chi connectivity index (χ2v) is 3.97. The van der Waals surface area contributed by atoms with Gasteiger partial charge in [0, 0.05) is 25.7 Å². The Labute approximate surface area is 92.7 Å². The lowest BCUT2D eigenvalue weighted by molar-refractivity contribution is 0.475. The van der Waals surface area contributed by atoms with E-state index in [1.54, 1.807) is 34.4 Å². The van der Waals surface area contributed by atoms with Crippen molar-refractivity contribution in [2.45, 2.75) is 13.0 Å². The largest absolute Gasteiger partial charge is 0.508 e. The smallest absolute Gasteiger partial charge is 0.329 e. The van der Waals surface area contributed by atoms with E-state index in [4.69, 9.17) is 5.73 Å². The number of aromatic nitrogens is 2. The third-order valence-electron chi connectivity index (χ3n) is 2.85. The van der Waals surface area contributed by atoms with Gasteiger partial charge in [-0.25, -0.2) is 4.79 Å². The Morgan fingerprint density at radius 1 is 1.44 bits per heavy atom. The minimum Gasteiger partial charge on any atom is -0.508 e. The number of hydrogen-bond acceptors (Lipinski definition) is 3. The number of hydrogen-bond donors (Lipinski definition) is 2. The first-order valence-electron chi connectivity index (χ1n) is 5.16. The molecule has 0 saturated carbocycles. The molecule has 1 unspecified atom stereocenters. The summed E-state index contributed by atoms with van der Waals surface area (Å²) >= 11 is 0. The molecule has 0 fully saturated rings. The first-order chi connectivity index (χ1) is 7.56. The molecule has 0 amide bonds. The van der Waals surface area contributed by atoms with E-state index in [1.165, 1.54) is 0 Å². The van der Waals surface area contributed by atoms with Gasteiger partial charge in [0.2, 0.25) is 0 Å². The van der Waals surface area contributed by atoms with Crippen LogP contribution in [0.3, 0.4) is 0 Å². The average Bonchev–Trinajstić information content (AvgIpc) is 2.51. The Balaban J connectivity index is 2.86. The van der Waals surface area contributed by atoms with Gasteiger partial charge in [0.15, 0.2) is 0 Å². The van der Waals surface area contributed by atoms with Crippen molar-refractivity contribution in [1.82, 2.24) is 9.13 Å². The first-order valence-corrected chi connectivity index (χ1v) is 5.16. The monoisotopic (exact) mass is 221 g/mol. The zero-order valence-corrected chi connectivity index (χ0v) is 9.34. The van der Waals surface area contributed by atoms with E-state index in [1.807, 2.05) is 6.92 Å². The minimum atomic E-state index is -0.112. The number of rotatable bonds is 2. The molecule has 0 saturated heterocycles. The summed E-state index contributed by atoms with van der Waals surface area (Å²) in [5, 5.41) is 9.45. The van der Waals surface area contributed by atoms with Gasteiger partial charge in [-0.1, -0.05) is 0 Å². The van der Waals surface area contributed by atoms with Crippen LogP contribution >= 0.6 is 0 Å². The molecule has 0 radical (unpaired) electrons. The zero-order valence-electron chi connectivity index (χ0n) is 9.34. The van der Waals surface area contributed by atoms with E-state index in [2.05, 4.69) is 0 Å². The minimum absolute atomic E-state index is 0.0852. The second kappa shape index (κ2) is 3.68. The average molecular weight is 221 g/mol. The molecule has 86 valence electrons. The molecule has 0 bridgehead atoms. The van der Waals surface area contributed by atoms with Gasteiger partial charge in [0.1, 0.15) is 5.75 Å². The second-order valence-electron chi connectivity index (χ2n) is 3.97. The molecule has 0 aliphatic carbocycles. The van der Waals surface area contributed by atoms with E-state index in [0.29, 0.717) is 12.1 Å². The van der Waals surface area contributed by atoms with Crippen LogP contribution < -0.4 is 11.4 Å². The van der Waals surface area contributed by atoms with Gasteiger partial charge in [-0.3, -0.25) is 9.13 Å². The molecule has 16 heavy (non-hydrogen) atoms. The van der Waals surface area contributed by atoms with Gasteiger partial charge in [-0.2, -0.15) is 0 Å². The van der Waals surface area contributed by atoms with Crippen LogP contribution in [0.4, 0.5) is 0 Å². The Hall–Kier alpha value is -1.75. The number of phenols is 1. The number of fused-ring (bicyclic) bond motifs is 1. The van der Waals surface area contributed by atoms with Crippen molar-refractivity contribution in [3.05, 3.63) is 28.7 Å². The molecular formula is C11H15N3O2. The maximum absolute atomic E-state index is 12.0. The van der Waals surface area contributed by atoms with Crippen LogP contribution in [0.25, 0.3) is 11.0 Å². The maximum atomic E-state index is 12.0.